The third kappa shape index (κ3) is 7.75. The maximum Gasteiger partial charge on any atom is 0.309 e. The van der Waals surface area contributed by atoms with E-state index in [4.69, 9.17) is 4.74 Å². The van der Waals surface area contributed by atoms with Gasteiger partial charge in [0.2, 0.25) is 0 Å². The van der Waals surface area contributed by atoms with Gasteiger partial charge in [0, 0.05) is 16.2 Å². The second kappa shape index (κ2) is 13.0. The summed E-state index contributed by atoms with van der Waals surface area (Å²) >= 11 is 1.75. The van der Waals surface area contributed by atoms with Crippen molar-refractivity contribution in [1.82, 2.24) is 0 Å². The maximum absolute atomic E-state index is 11.7. The van der Waals surface area contributed by atoms with Crippen molar-refractivity contribution in [2.24, 2.45) is 0 Å². The molecule has 0 radical (unpaired) electrons. The number of phenolic OH excluding ortho intramolecular Hbond substituents is 1. The molecule has 172 valence electrons. The quantitative estimate of drug-likeness (QED) is 0.181. The minimum atomic E-state index is -0.236. The van der Waals surface area contributed by atoms with Gasteiger partial charge in [0.25, 0.3) is 0 Å². The fourth-order valence-electron chi connectivity index (χ4n) is 3.26. The van der Waals surface area contributed by atoms with Crippen LogP contribution < -0.4 is 4.74 Å². The molecule has 0 bridgehead atoms. The zero-order valence-electron chi connectivity index (χ0n) is 19.3. The maximum atomic E-state index is 11.7. The van der Waals surface area contributed by atoms with E-state index in [9.17, 15) is 14.7 Å². The summed E-state index contributed by atoms with van der Waals surface area (Å²) in [5, 5.41) is 10.4. The Morgan fingerprint density at radius 1 is 1.09 bits per heavy atom. The minimum absolute atomic E-state index is 0.0437. The van der Waals surface area contributed by atoms with Gasteiger partial charge < -0.3 is 14.6 Å². The first kappa shape index (κ1) is 25.5. The molecule has 1 N–H and O–H groups in total. The van der Waals surface area contributed by atoms with Gasteiger partial charge in [-0.1, -0.05) is 37.1 Å². The van der Waals surface area contributed by atoms with E-state index in [0.717, 1.165) is 29.7 Å². The number of rotatable bonds is 12. The summed E-state index contributed by atoms with van der Waals surface area (Å²) in [6, 6.07) is 11.6. The summed E-state index contributed by atoms with van der Waals surface area (Å²) in [5.74, 6) is 1.21. The first-order valence-corrected chi connectivity index (χ1v) is 11.8. The van der Waals surface area contributed by atoms with E-state index in [1.54, 1.807) is 23.9 Å². The number of thioether (sulfide) groups is 1. The molecular weight excluding hydrogens is 424 g/mol. The highest BCUT2D eigenvalue weighted by Crippen LogP contribution is 2.33. The largest absolute Gasteiger partial charge is 0.507 e. The van der Waals surface area contributed by atoms with E-state index in [-0.39, 0.29) is 17.5 Å². The first-order valence-electron chi connectivity index (χ1n) is 10.8. The average molecular weight is 457 g/mol. The van der Waals surface area contributed by atoms with Gasteiger partial charge in [-0.05, 0) is 56.5 Å². The van der Waals surface area contributed by atoms with Gasteiger partial charge in [-0.2, -0.15) is 0 Å². The molecule has 0 spiro atoms. The standard InChI is InChI=1S/C26H32O5S/c1-5-7-23-24(13-12-22(19(3)27)26(23)29)31-14-6-15-32-21-10-8-20(9-11-21)16-18(2)17-25(28)30-4/h8-13,16,29H,5-7,14-15,17H2,1-4H3/b18-16-. The molecular formula is C26H32O5S. The molecule has 0 heterocycles. The van der Waals surface area contributed by atoms with Crippen molar-refractivity contribution in [1.29, 1.82) is 0 Å². The summed E-state index contributed by atoms with van der Waals surface area (Å²) in [6.07, 6.45) is 4.65. The number of Topliss-reactive ketones (excluding diaryl/α,β-unsaturated/α-hetero) is 1. The summed E-state index contributed by atoms with van der Waals surface area (Å²) in [6.45, 7) is 5.94. The molecule has 0 saturated heterocycles. The van der Waals surface area contributed by atoms with Crippen molar-refractivity contribution in [3.05, 3.63) is 58.7 Å². The second-order valence-corrected chi connectivity index (χ2v) is 8.78. The van der Waals surface area contributed by atoms with Gasteiger partial charge in [0.05, 0.1) is 25.7 Å². The van der Waals surface area contributed by atoms with Gasteiger partial charge in [-0.25, -0.2) is 0 Å². The molecule has 0 unspecified atom stereocenters. The number of benzene rings is 2. The Morgan fingerprint density at radius 3 is 2.44 bits per heavy atom. The zero-order chi connectivity index (χ0) is 23.5. The van der Waals surface area contributed by atoms with Crippen LogP contribution in [0.1, 0.15) is 61.5 Å². The molecule has 0 aliphatic heterocycles. The summed E-state index contributed by atoms with van der Waals surface area (Å²) in [5.41, 5.74) is 3.06. The first-order chi connectivity index (χ1) is 15.3. The van der Waals surface area contributed by atoms with Crippen molar-refractivity contribution in [3.63, 3.8) is 0 Å². The Hall–Kier alpha value is -2.73. The number of ether oxygens (including phenoxy) is 2. The molecule has 0 fully saturated rings. The van der Waals surface area contributed by atoms with Crippen LogP contribution in [-0.2, 0) is 16.0 Å². The van der Waals surface area contributed by atoms with E-state index in [0.29, 0.717) is 36.3 Å². The van der Waals surface area contributed by atoms with E-state index >= 15 is 0 Å². The van der Waals surface area contributed by atoms with Crippen molar-refractivity contribution < 1.29 is 24.2 Å². The highest BCUT2D eigenvalue weighted by molar-refractivity contribution is 7.99. The molecule has 0 amide bonds. The van der Waals surface area contributed by atoms with Crippen LogP contribution in [0.25, 0.3) is 6.08 Å². The molecule has 2 rings (SSSR count). The lowest BCUT2D eigenvalue weighted by Gasteiger charge is -2.14. The lowest BCUT2D eigenvalue weighted by atomic mass is 10.0. The van der Waals surface area contributed by atoms with Crippen LogP contribution in [0.3, 0.4) is 0 Å². The van der Waals surface area contributed by atoms with E-state index in [2.05, 4.69) is 16.9 Å². The normalized spacial score (nSPS) is 11.3. The number of esters is 1. The molecule has 2 aromatic carbocycles. The number of aromatic hydroxyl groups is 1. The van der Waals surface area contributed by atoms with Crippen LogP contribution in [0.4, 0.5) is 0 Å². The van der Waals surface area contributed by atoms with Crippen LogP contribution >= 0.6 is 11.8 Å². The van der Waals surface area contributed by atoms with Crippen molar-refractivity contribution in [3.8, 4) is 11.5 Å². The van der Waals surface area contributed by atoms with Gasteiger partial charge in [0.15, 0.2) is 5.78 Å². The molecule has 6 heteroatoms. The predicted molar refractivity (Wildman–Crippen MR) is 130 cm³/mol. The fourth-order valence-corrected chi connectivity index (χ4v) is 4.08. The summed E-state index contributed by atoms with van der Waals surface area (Å²) in [4.78, 5) is 24.2. The molecule has 0 atom stereocenters. The van der Waals surface area contributed by atoms with Crippen LogP contribution in [0.15, 0.2) is 46.9 Å². The molecule has 5 nitrogen and oxygen atoms in total. The van der Waals surface area contributed by atoms with Crippen molar-refractivity contribution >= 4 is 29.6 Å². The fraction of sp³-hybridized carbons (Fsp3) is 0.385. The van der Waals surface area contributed by atoms with Crippen LogP contribution in [-0.4, -0.2) is 36.3 Å². The van der Waals surface area contributed by atoms with Crippen LogP contribution in [0.5, 0.6) is 11.5 Å². The number of hydrogen-bond acceptors (Lipinski definition) is 6. The van der Waals surface area contributed by atoms with Gasteiger partial charge in [0.1, 0.15) is 11.5 Å². The number of carbonyl (C=O) groups excluding carboxylic acids is 2. The van der Waals surface area contributed by atoms with Crippen molar-refractivity contribution in [2.75, 3.05) is 19.5 Å². The van der Waals surface area contributed by atoms with E-state index in [1.807, 2.05) is 32.1 Å². The number of ketones is 1. The van der Waals surface area contributed by atoms with Crippen LogP contribution in [0.2, 0.25) is 0 Å². The number of hydrogen-bond donors (Lipinski definition) is 1. The van der Waals surface area contributed by atoms with Crippen molar-refractivity contribution in [2.45, 2.75) is 51.3 Å². The number of methoxy groups -OCH3 is 1. The minimum Gasteiger partial charge on any atom is -0.507 e. The Labute approximate surface area is 194 Å². The monoisotopic (exact) mass is 456 g/mol. The van der Waals surface area contributed by atoms with E-state index < -0.39 is 0 Å². The Balaban J connectivity index is 1.84. The summed E-state index contributed by atoms with van der Waals surface area (Å²) < 4.78 is 10.6. The van der Waals surface area contributed by atoms with Crippen LogP contribution in [0, 0.1) is 0 Å². The highest BCUT2D eigenvalue weighted by Gasteiger charge is 2.15. The third-order valence-corrected chi connectivity index (χ3v) is 5.98. The van der Waals surface area contributed by atoms with E-state index in [1.165, 1.54) is 18.9 Å². The SMILES string of the molecule is CCCc1c(OCCCSc2ccc(/C=C(/C)CC(=O)OC)cc2)ccc(C(C)=O)c1O. The predicted octanol–water partition coefficient (Wildman–Crippen LogP) is 6.07. The molecule has 0 aliphatic carbocycles. The van der Waals surface area contributed by atoms with Gasteiger partial charge in [-0.15, -0.1) is 11.8 Å². The van der Waals surface area contributed by atoms with Gasteiger partial charge >= 0.3 is 5.97 Å². The topological polar surface area (TPSA) is 72.8 Å². The Morgan fingerprint density at radius 2 is 1.81 bits per heavy atom. The smallest absolute Gasteiger partial charge is 0.309 e. The average Bonchev–Trinajstić information content (AvgIpc) is 2.76. The third-order valence-electron chi connectivity index (χ3n) is 4.88. The molecule has 2 aromatic rings. The lowest BCUT2D eigenvalue weighted by molar-refractivity contribution is -0.139. The zero-order valence-corrected chi connectivity index (χ0v) is 20.1. The Kier molecular flexibility index (Phi) is 10.3. The molecule has 0 aromatic heterocycles. The number of carbonyl (C=O) groups is 2. The van der Waals surface area contributed by atoms with Gasteiger partial charge in [-0.3, -0.25) is 9.59 Å². The molecule has 0 aliphatic rings. The number of phenols is 1. The lowest BCUT2D eigenvalue weighted by Crippen LogP contribution is -2.04. The molecule has 32 heavy (non-hydrogen) atoms. The Bertz CT molecular complexity index is 947. The molecule has 0 saturated carbocycles. The second-order valence-electron chi connectivity index (χ2n) is 7.61. The summed E-state index contributed by atoms with van der Waals surface area (Å²) in [7, 11) is 1.39. The highest BCUT2D eigenvalue weighted by atomic mass is 32.2.